The fourth-order valence-electron chi connectivity index (χ4n) is 2.04. The molecule has 0 amide bonds. The highest BCUT2D eigenvalue weighted by atomic mass is 16.7. The minimum absolute atomic E-state index is 0.563. The third kappa shape index (κ3) is 3.83. The van der Waals surface area contributed by atoms with Gasteiger partial charge in [0, 0.05) is 25.9 Å². The number of carbonyl (C=O) groups is 2. The molecule has 0 radical (unpaired) electrons. The molecule has 1 saturated heterocycles. The van der Waals surface area contributed by atoms with Crippen molar-refractivity contribution in [3.63, 3.8) is 0 Å². The Morgan fingerprint density at radius 1 is 1.20 bits per heavy atom. The molecular weight excluding hydrogens is 270 g/mol. The van der Waals surface area contributed by atoms with Gasteiger partial charge in [-0.25, -0.2) is 0 Å². The first-order chi connectivity index (χ1) is 9.40. The number of rotatable bonds is 4. The smallest absolute Gasteiger partial charge is 0.303 e. The number of ether oxygens (including phenoxy) is 4. The van der Waals surface area contributed by atoms with Gasteiger partial charge in [0.2, 0.25) is 0 Å². The maximum absolute atomic E-state index is 11.2. The van der Waals surface area contributed by atoms with Gasteiger partial charge in [-0.05, 0) is 12.5 Å². The van der Waals surface area contributed by atoms with Crippen LogP contribution in [0.15, 0.2) is 5.11 Å². The average molecular weight is 287 g/mol. The molecule has 0 saturated carbocycles. The zero-order chi connectivity index (χ0) is 15.3. The Morgan fingerprint density at radius 2 is 1.75 bits per heavy atom. The molecule has 0 aliphatic carbocycles. The SMILES string of the molecule is CO[C@H]1O[C@H](C)[C@H](N=[N+]=[N-])[C@H](OC(C)=O)[C@H]1OC(C)=O. The second kappa shape index (κ2) is 7.09. The third-order valence-corrected chi connectivity index (χ3v) is 2.78. The number of hydrogen-bond donors (Lipinski definition) is 0. The summed E-state index contributed by atoms with van der Waals surface area (Å²) < 4.78 is 20.8. The van der Waals surface area contributed by atoms with Crippen molar-refractivity contribution in [1.29, 1.82) is 0 Å². The lowest BCUT2D eigenvalue weighted by atomic mass is 9.97. The molecule has 1 heterocycles. The van der Waals surface area contributed by atoms with E-state index in [0.29, 0.717) is 0 Å². The van der Waals surface area contributed by atoms with Crippen molar-refractivity contribution in [1.82, 2.24) is 0 Å². The Bertz CT molecular complexity index is 422. The largest absolute Gasteiger partial charge is 0.458 e. The van der Waals surface area contributed by atoms with Crippen LogP contribution < -0.4 is 0 Å². The number of nitrogens with zero attached hydrogens (tertiary/aromatic N) is 3. The second-order valence-electron chi connectivity index (χ2n) is 4.29. The van der Waals surface area contributed by atoms with E-state index in [2.05, 4.69) is 10.0 Å². The molecule has 5 atom stereocenters. The van der Waals surface area contributed by atoms with E-state index in [9.17, 15) is 9.59 Å². The maximum atomic E-state index is 11.2. The van der Waals surface area contributed by atoms with Crippen LogP contribution in [0.5, 0.6) is 0 Å². The highest BCUT2D eigenvalue weighted by Gasteiger charge is 2.48. The summed E-state index contributed by atoms with van der Waals surface area (Å²) in [6.45, 7) is 4.06. The van der Waals surface area contributed by atoms with Crippen LogP contribution in [0.1, 0.15) is 20.8 Å². The lowest BCUT2D eigenvalue weighted by Gasteiger charge is -2.42. The Hall–Kier alpha value is -1.83. The first kappa shape index (κ1) is 16.2. The second-order valence-corrected chi connectivity index (χ2v) is 4.29. The summed E-state index contributed by atoms with van der Waals surface area (Å²) in [5.41, 5.74) is 8.60. The van der Waals surface area contributed by atoms with Gasteiger partial charge in [-0.1, -0.05) is 5.11 Å². The van der Waals surface area contributed by atoms with Crippen molar-refractivity contribution >= 4 is 11.9 Å². The minimum Gasteiger partial charge on any atom is -0.458 e. The van der Waals surface area contributed by atoms with E-state index < -0.39 is 42.6 Å². The Labute approximate surface area is 115 Å². The van der Waals surface area contributed by atoms with Gasteiger partial charge in [-0.15, -0.1) is 0 Å². The summed E-state index contributed by atoms with van der Waals surface area (Å²) in [6, 6.07) is -0.820. The van der Waals surface area contributed by atoms with Gasteiger partial charge in [0.15, 0.2) is 18.5 Å². The number of esters is 2. The molecule has 0 unspecified atom stereocenters. The van der Waals surface area contributed by atoms with Gasteiger partial charge in [0.1, 0.15) is 6.04 Å². The van der Waals surface area contributed by atoms with E-state index in [4.69, 9.17) is 24.5 Å². The van der Waals surface area contributed by atoms with E-state index in [1.165, 1.54) is 21.0 Å². The topological polar surface area (TPSA) is 120 Å². The van der Waals surface area contributed by atoms with Crippen LogP contribution in [0.2, 0.25) is 0 Å². The van der Waals surface area contributed by atoms with Crippen LogP contribution in [0.4, 0.5) is 0 Å². The van der Waals surface area contributed by atoms with Crippen LogP contribution in [-0.4, -0.2) is 49.7 Å². The van der Waals surface area contributed by atoms with E-state index in [-0.39, 0.29) is 0 Å². The number of carbonyl (C=O) groups excluding carboxylic acids is 2. The molecule has 112 valence electrons. The Kier molecular flexibility index (Phi) is 5.75. The van der Waals surface area contributed by atoms with E-state index >= 15 is 0 Å². The third-order valence-electron chi connectivity index (χ3n) is 2.78. The lowest BCUT2D eigenvalue weighted by Crippen LogP contribution is -2.59. The van der Waals surface area contributed by atoms with E-state index in [1.807, 2.05) is 0 Å². The van der Waals surface area contributed by atoms with Crippen LogP contribution in [0, 0.1) is 0 Å². The summed E-state index contributed by atoms with van der Waals surface area (Å²) in [5.74, 6) is -1.18. The minimum atomic E-state index is -1.01. The first-order valence-corrected chi connectivity index (χ1v) is 5.97. The van der Waals surface area contributed by atoms with Crippen molar-refractivity contribution in [3.8, 4) is 0 Å². The van der Waals surface area contributed by atoms with Crippen molar-refractivity contribution in [2.75, 3.05) is 7.11 Å². The van der Waals surface area contributed by atoms with Crippen LogP contribution in [-0.2, 0) is 28.5 Å². The van der Waals surface area contributed by atoms with Gasteiger partial charge in [-0.2, -0.15) is 0 Å². The van der Waals surface area contributed by atoms with E-state index in [0.717, 1.165) is 0 Å². The summed E-state index contributed by atoms with van der Waals surface area (Å²) in [6.07, 6.45) is -3.45. The number of azide groups is 1. The molecule has 0 N–H and O–H groups in total. The predicted octanol–water partition coefficient (Wildman–Crippen LogP) is 0.920. The van der Waals surface area contributed by atoms with Gasteiger partial charge < -0.3 is 18.9 Å². The molecule has 1 aliphatic heterocycles. The Balaban J connectivity index is 3.10. The molecule has 1 rings (SSSR count). The normalized spacial score (nSPS) is 32.9. The first-order valence-electron chi connectivity index (χ1n) is 5.97. The predicted molar refractivity (Wildman–Crippen MR) is 65.4 cm³/mol. The molecule has 0 bridgehead atoms. The van der Waals surface area contributed by atoms with Crippen LogP contribution >= 0.6 is 0 Å². The molecule has 1 fully saturated rings. The zero-order valence-electron chi connectivity index (χ0n) is 11.7. The van der Waals surface area contributed by atoms with Crippen molar-refractivity contribution < 1.29 is 28.5 Å². The monoisotopic (exact) mass is 287 g/mol. The van der Waals surface area contributed by atoms with E-state index in [1.54, 1.807) is 6.92 Å². The van der Waals surface area contributed by atoms with Crippen LogP contribution in [0.3, 0.4) is 0 Å². The molecule has 9 heteroatoms. The molecule has 0 spiro atoms. The molecule has 1 aliphatic rings. The van der Waals surface area contributed by atoms with Gasteiger partial charge >= 0.3 is 11.9 Å². The molecular formula is C11H17N3O6. The fourth-order valence-corrected chi connectivity index (χ4v) is 2.04. The standard InChI is InChI=1S/C11H17N3O6/c1-5-8(13-14-12)9(19-6(2)15)10(20-7(3)16)11(17-4)18-5/h5,8-11H,1-4H3/t5-,8+,9+,10-,11+/m1/s1. The number of hydrogen-bond acceptors (Lipinski definition) is 7. The van der Waals surface area contributed by atoms with Crippen molar-refractivity contribution in [2.24, 2.45) is 5.11 Å². The Morgan fingerprint density at radius 3 is 2.20 bits per heavy atom. The zero-order valence-corrected chi connectivity index (χ0v) is 11.7. The van der Waals surface area contributed by atoms with Crippen molar-refractivity contribution in [3.05, 3.63) is 10.4 Å². The molecule has 0 aromatic rings. The van der Waals surface area contributed by atoms with Gasteiger partial charge in [-0.3, -0.25) is 9.59 Å². The lowest BCUT2D eigenvalue weighted by molar-refractivity contribution is -0.269. The summed E-state index contributed by atoms with van der Waals surface area (Å²) >= 11 is 0. The van der Waals surface area contributed by atoms with Gasteiger partial charge in [0.25, 0.3) is 0 Å². The quantitative estimate of drug-likeness (QED) is 0.328. The highest BCUT2D eigenvalue weighted by molar-refractivity contribution is 5.67. The molecule has 9 nitrogen and oxygen atoms in total. The molecule has 0 aromatic carbocycles. The summed E-state index contributed by atoms with van der Waals surface area (Å²) in [5, 5.41) is 3.56. The van der Waals surface area contributed by atoms with Gasteiger partial charge in [0.05, 0.1) is 6.10 Å². The van der Waals surface area contributed by atoms with Crippen molar-refractivity contribution in [2.45, 2.75) is 51.4 Å². The maximum Gasteiger partial charge on any atom is 0.303 e. The fraction of sp³-hybridized carbons (Fsp3) is 0.818. The average Bonchev–Trinajstić information content (AvgIpc) is 2.35. The summed E-state index contributed by atoms with van der Waals surface area (Å²) in [4.78, 5) is 25.1. The summed E-state index contributed by atoms with van der Waals surface area (Å²) in [7, 11) is 1.37. The number of methoxy groups -OCH3 is 1. The molecule has 20 heavy (non-hydrogen) atoms. The molecule has 0 aromatic heterocycles. The van der Waals surface area contributed by atoms with Crippen LogP contribution in [0.25, 0.3) is 10.4 Å². The highest BCUT2D eigenvalue weighted by Crippen LogP contribution is 2.28.